The Bertz CT molecular complexity index is 458. The Morgan fingerprint density at radius 2 is 2.04 bits per heavy atom. The van der Waals surface area contributed by atoms with Gasteiger partial charge in [-0.1, -0.05) is 0 Å². The first-order valence-electron chi connectivity index (χ1n) is 7.65. The molecule has 2 fully saturated rings. The van der Waals surface area contributed by atoms with Crippen molar-refractivity contribution in [2.24, 2.45) is 0 Å². The minimum absolute atomic E-state index is 0.226. The van der Waals surface area contributed by atoms with Crippen LogP contribution in [0, 0.1) is 0 Å². The molecule has 23 heavy (non-hydrogen) atoms. The molecule has 9 heteroatoms. The molecule has 0 aromatic heterocycles. The summed E-state index contributed by atoms with van der Waals surface area (Å²) in [5.41, 5.74) is 0. The molecule has 0 saturated carbocycles. The van der Waals surface area contributed by atoms with Crippen LogP contribution in [0.5, 0.6) is 0 Å². The van der Waals surface area contributed by atoms with Crippen LogP contribution in [0.15, 0.2) is 0 Å². The summed E-state index contributed by atoms with van der Waals surface area (Å²) in [6.45, 7) is 1.28. The molecule has 0 bridgehead atoms. The molecule has 0 aromatic rings. The number of carboxylic acid groups (broad SMARTS) is 1. The maximum absolute atomic E-state index is 13.0. The van der Waals surface area contributed by atoms with Gasteiger partial charge >= 0.3 is 12.1 Å². The molecule has 2 saturated heterocycles. The highest BCUT2D eigenvalue weighted by Crippen LogP contribution is 2.30. The monoisotopic (exact) mass is 338 g/mol. The molecular weight excluding hydrogens is 317 g/mol. The Balaban J connectivity index is 2.13. The lowest BCUT2D eigenvalue weighted by molar-refractivity contribution is -0.253. The lowest BCUT2D eigenvalue weighted by atomic mass is 10.1. The van der Waals surface area contributed by atoms with Gasteiger partial charge in [0.15, 0.2) is 6.10 Å². The van der Waals surface area contributed by atoms with Crippen molar-refractivity contribution in [1.82, 2.24) is 9.80 Å². The minimum atomic E-state index is -4.48. The van der Waals surface area contributed by atoms with E-state index in [1.165, 1.54) is 9.80 Å². The van der Waals surface area contributed by atoms with E-state index in [-0.39, 0.29) is 6.54 Å². The third-order valence-corrected chi connectivity index (χ3v) is 4.17. The van der Waals surface area contributed by atoms with E-state index in [2.05, 4.69) is 0 Å². The van der Waals surface area contributed by atoms with Gasteiger partial charge in [0.1, 0.15) is 6.54 Å². The number of ether oxygens (including phenoxy) is 1. The average Bonchev–Trinajstić information content (AvgIpc) is 2.59. The highest BCUT2D eigenvalue weighted by molar-refractivity contribution is 5.85. The van der Waals surface area contributed by atoms with Crippen molar-refractivity contribution in [2.45, 2.75) is 50.6 Å². The number of hydrogen-bond donors (Lipinski definition) is 1. The van der Waals surface area contributed by atoms with Crippen LogP contribution >= 0.6 is 0 Å². The number of halogens is 3. The summed E-state index contributed by atoms with van der Waals surface area (Å²) in [6, 6.07) is -0.715. The summed E-state index contributed by atoms with van der Waals surface area (Å²) < 4.78 is 43.8. The van der Waals surface area contributed by atoms with Gasteiger partial charge in [-0.15, -0.1) is 0 Å². The Kier molecular flexibility index (Phi) is 5.51. The van der Waals surface area contributed by atoms with Crippen LogP contribution in [0.4, 0.5) is 13.2 Å². The third-order valence-electron chi connectivity index (χ3n) is 4.17. The van der Waals surface area contributed by atoms with E-state index < -0.39 is 49.4 Å². The molecule has 0 aromatic carbocycles. The number of aliphatic carboxylic acids is 1. The van der Waals surface area contributed by atoms with E-state index in [1.807, 2.05) is 0 Å². The second-order valence-electron chi connectivity index (χ2n) is 6.10. The standard InChI is InChI=1S/C14H21F3N2O4/c1-9-6-19(7-11(23-9)14(15,16)17)10-4-2-3-5-18(13(10)22)8-12(20)21/h9-11H,2-8H2,1H3,(H,20,21). The van der Waals surface area contributed by atoms with Crippen LogP contribution in [0.2, 0.25) is 0 Å². The third kappa shape index (κ3) is 4.57. The molecule has 1 amide bonds. The average molecular weight is 338 g/mol. The highest BCUT2D eigenvalue weighted by atomic mass is 19.4. The van der Waals surface area contributed by atoms with E-state index in [0.717, 1.165) is 0 Å². The van der Waals surface area contributed by atoms with Gasteiger partial charge in [-0.25, -0.2) is 0 Å². The molecule has 2 aliphatic heterocycles. The van der Waals surface area contributed by atoms with Crippen LogP contribution in [0.25, 0.3) is 0 Å². The van der Waals surface area contributed by atoms with E-state index in [0.29, 0.717) is 25.8 Å². The quantitative estimate of drug-likeness (QED) is 0.835. The van der Waals surface area contributed by atoms with Crippen molar-refractivity contribution in [1.29, 1.82) is 0 Å². The van der Waals surface area contributed by atoms with Gasteiger partial charge in [0, 0.05) is 19.6 Å². The summed E-state index contributed by atoms with van der Waals surface area (Å²) in [6.07, 6.45) is -5.28. The maximum atomic E-state index is 13.0. The van der Waals surface area contributed by atoms with Gasteiger partial charge < -0.3 is 14.7 Å². The minimum Gasteiger partial charge on any atom is -0.480 e. The molecule has 2 rings (SSSR count). The van der Waals surface area contributed by atoms with Crippen LogP contribution < -0.4 is 0 Å². The number of morpholine rings is 1. The molecule has 3 atom stereocenters. The molecule has 132 valence electrons. The molecule has 2 aliphatic rings. The summed E-state index contributed by atoms with van der Waals surface area (Å²) in [7, 11) is 0. The molecular formula is C14H21F3N2O4. The van der Waals surface area contributed by atoms with E-state index >= 15 is 0 Å². The lowest BCUT2D eigenvalue weighted by Gasteiger charge is -2.41. The topological polar surface area (TPSA) is 70.1 Å². The van der Waals surface area contributed by atoms with E-state index in [9.17, 15) is 22.8 Å². The first-order valence-corrected chi connectivity index (χ1v) is 7.65. The molecule has 0 radical (unpaired) electrons. The van der Waals surface area contributed by atoms with E-state index in [1.54, 1.807) is 6.92 Å². The van der Waals surface area contributed by atoms with Crippen molar-refractivity contribution >= 4 is 11.9 Å². The largest absolute Gasteiger partial charge is 0.480 e. The first-order chi connectivity index (χ1) is 10.7. The van der Waals surface area contributed by atoms with Gasteiger partial charge in [-0.05, 0) is 26.2 Å². The number of likely N-dealkylation sites (tertiary alicyclic amines) is 1. The fourth-order valence-electron chi connectivity index (χ4n) is 3.16. The number of carbonyl (C=O) groups is 2. The maximum Gasteiger partial charge on any atom is 0.415 e. The smallest absolute Gasteiger partial charge is 0.415 e. The zero-order chi connectivity index (χ0) is 17.2. The number of nitrogens with zero attached hydrogens (tertiary/aromatic N) is 2. The SMILES string of the molecule is CC1CN(C2CCCCN(CC(=O)O)C2=O)CC(C(F)(F)F)O1. The Morgan fingerprint density at radius 1 is 1.35 bits per heavy atom. The predicted octanol–water partition coefficient (Wildman–Crippen LogP) is 1.10. The van der Waals surface area contributed by atoms with Crippen molar-refractivity contribution in [3.05, 3.63) is 0 Å². The Morgan fingerprint density at radius 3 is 2.65 bits per heavy atom. The highest BCUT2D eigenvalue weighted by Gasteiger charge is 2.47. The van der Waals surface area contributed by atoms with Gasteiger partial charge in [-0.3, -0.25) is 14.5 Å². The van der Waals surface area contributed by atoms with Crippen LogP contribution in [0.3, 0.4) is 0 Å². The molecule has 2 heterocycles. The number of carbonyl (C=O) groups excluding carboxylic acids is 1. The molecule has 1 N–H and O–H groups in total. The summed E-state index contributed by atoms with van der Waals surface area (Å²) >= 11 is 0. The number of hydrogen-bond acceptors (Lipinski definition) is 4. The number of alkyl halides is 3. The van der Waals surface area contributed by atoms with Crippen molar-refractivity contribution in [3.63, 3.8) is 0 Å². The normalized spacial score (nSPS) is 31.0. The lowest BCUT2D eigenvalue weighted by Crippen LogP contribution is -2.58. The molecule has 6 nitrogen and oxygen atoms in total. The van der Waals surface area contributed by atoms with Gasteiger partial charge in [0.05, 0.1) is 12.1 Å². The van der Waals surface area contributed by atoms with Crippen LogP contribution in [0.1, 0.15) is 26.2 Å². The molecule has 3 unspecified atom stereocenters. The van der Waals surface area contributed by atoms with E-state index in [4.69, 9.17) is 9.84 Å². The first kappa shape index (κ1) is 18.0. The molecule has 0 aliphatic carbocycles. The number of rotatable bonds is 3. The fraction of sp³-hybridized carbons (Fsp3) is 0.857. The second-order valence-corrected chi connectivity index (χ2v) is 6.10. The van der Waals surface area contributed by atoms with Crippen LogP contribution in [-0.2, 0) is 14.3 Å². The summed E-state index contributed by atoms with van der Waals surface area (Å²) in [5, 5.41) is 8.89. The Hall–Kier alpha value is -1.35. The Labute approximate surface area is 132 Å². The van der Waals surface area contributed by atoms with Gasteiger partial charge in [0.25, 0.3) is 0 Å². The second kappa shape index (κ2) is 7.04. The van der Waals surface area contributed by atoms with Crippen molar-refractivity contribution in [2.75, 3.05) is 26.2 Å². The van der Waals surface area contributed by atoms with Crippen molar-refractivity contribution in [3.8, 4) is 0 Å². The van der Waals surface area contributed by atoms with Crippen molar-refractivity contribution < 1.29 is 32.6 Å². The zero-order valence-electron chi connectivity index (χ0n) is 12.9. The zero-order valence-corrected chi connectivity index (χ0v) is 12.9. The number of carboxylic acids is 1. The predicted molar refractivity (Wildman–Crippen MR) is 73.8 cm³/mol. The number of amides is 1. The summed E-state index contributed by atoms with van der Waals surface area (Å²) in [4.78, 5) is 26.1. The van der Waals surface area contributed by atoms with Gasteiger partial charge in [-0.2, -0.15) is 13.2 Å². The fourth-order valence-corrected chi connectivity index (χ4v) is 3.16. The molecule has 0 spiro atoms. The van der Waals surface area contributed by atoms with Gasteiger partial charge in [0.2, 0.25) is 5.91 Å². The summed E-state index contributed by atoms with van der Waals surface area (Å²) in [5.74, 6) is -1.53. The van der Waals surface area contributed by atoms with Crippen LogP contribution in [-0.4, -0.2) is 77.4 Å².